The smallest absolute Gasteiger partial charge is 0.416 e. The Hall–Kier alpha value is -2.57. The van der Waals surface area contributed by atoms with E-state index in [0.717, 1.165) is 10.5 Å². The molecule has 1 aromatic rings. The van der Waals surface area contributed by atoms with E-state index in [0.29, 0.717) is 6.42 Å². The first-order chi connectivity index (χ1) is 11.8. The Morgan fingerprint density at radius 2 is 1.96 bits per heavy atom. The molecule has 0 radical (unpaired) electrons. The van der Waals surface area contributed by atoms with Gasteiger partial charge in [0, 0.05) is 13.0 Å². The average molecular weight is 348 g/mol. The Labute approximate surface area is 147 Å². The quantitative estimate of drug-likeness (QED) is 0.884. The largest absolute Gasteiger partial charge is 0.447 e. The summed E-state index contributed by atoms with van der Waals surface area (Å²) in [6, 6.07) is 9.27. The summed E-state index contributed by atoms with van der Waals surface area (Å²) >= 11 is 0. The average Bonchev–Trinajstić information content (AvgIpc) is 2.87. The fourth-order valence-electron chi connectivity index (χ4n) is 2.51. The van der Waals surface area contributed by atoms with Crippen molar-refractivity contribution in [2.45, 2.75) is 45.3 Å². The Kier molecular flexibility index (Phi) is 6.01. The summed E-state index contributed by atoms with van der Waals surface area (Å²) in [4.78, 5) is 37.0. The molecule has 1 heterocycles. The van der Waals surface area contributed by atoms with Crippen molar-refractivity contribution >= 4 is 18.1 Å². The highest BCUT2D eigenvalue weighted by molar-refractivity contribution is 5.93. The van der Waals surface area contributed by atoms with E-state index in [2.05, 4.69) is 5.32 Å². The Bertz CT molecular complexity index is 624. The normalized spacial score (nSPS) is 17.2. The van der Waals surface area contributed by atoms with Crippen molar-refractivity contribution in [2.24, 2.45) is 0 Å². The predicted molar refractivity (Wildman–Crippen MR) is 91.0 cm³/mol. The minimum absolute atomic E-state index is 0.000365. The highest BCUT2D eigenvalue weighted by atomic mass is 16.6. The van der Waals surface area contributed by atoms with Crippen LogP contribution in [0.1, 0.15) is 32.8 Å². The van der Waals surface area contributed by atoms with Crippen molar-refractivity contribution in [1.29, 1.82) is 0 Å². The lowest BCUT2D eigenvalue weighted by Crippen LogP contribution is -2.42. The third kappa shape index (κ3) is 5.77. The summed E-state index contributed by atoms with van der Waals surface area (Å²) in [5.74, 6) is -0.375. The van der Waals surface area contributed by atoms with Gasteiger partial charge < -0.3 is 14.8 Å². The molecule has 1 atom stereocenters. The van der Waals surface area contributed by atoms with Crippen molar-refractivity contribution < 1.29 is 23.9 Å². The van der Waals surface area contributed by atoms with Crippen molar-refractivity contribution in [3.8, 4) is 0 Å². The zero-order valence-corrected chi connectivity index (χ0v) is 14.8. The summed E-state index contributed by atoms with van der Waals surface area (Å²) in [5.41, 5.74) is 0.420. The van der Waals surface area contributed by atoms with Crippen LogP contribution in [0.3, 0.4) is 0 Å². The molecule has 1 saturated heterocycles. The SMILES string of the molecule is CC(C)(C)OC(=O)NCCC(=O)N1C(=O)OC[C@H]1Cc1ccccc1. The number of rotatable bonds is 5. The molecule has 0 unspecified atom stereocenters. The number of nitrogens with one attached hydrogen (secondary N) is 1. The van der Waals surface area contributed by atoms with E-state index in [-0.39, 0.29) is 31.5 Å². The van der Waals surface area contributed by atoms with Crippen LogP contribution < -0.4 is 5.32 Å². The molecule has 7 nitrogen and oxygen atoms in total. The number of ether oxygens (including phenoxy) is 2. The molecular weight excluding hydrogens is 324 g/mol. The van der Waals surface area contributed by atoms with Crippen molar-refractivity contribution in [3.63, 3.8) is 0 Å². The molecule has 3 amide bonds. The van der Waals surface area contributed by atoms with E-state index in [1.54, 1.807) is 20.8 Å². The first-order valence-electron chi connectivity index (χ1n) is 8.26. The third-order valence-corrected chi connectivity index (χ3v) is 3.55. The molecule has 1 aliphatic rings. The number of amides is 3. The summed E-state index contributed by atoms with van der Waals surface area (Å²) < 4.78 is 10.1. The maximum atomic E-state index is 12.4. The summed E-state index contributed by atoms with van der Waals surface area (Å²) in [6.45, 7) is 5.54. The minimum Gasteiger partial charge on any atom is -0.447 e. The van der Waals surface area contributed by atoms with E-state index < -0.39 is 17.8 Å². The lowest BCUT2D eigenvalue weighted by Gasteiger charge is -2.21. The number of nitrogens with zero attached hydrogens (tertiary/aromatic N) is 1. The second-order valence-corrected chi connectivity index (χ2v) is 6.86. The lowest BCUT2D eigenvalue weighted by molar-refractivity contribution is -0.129. The van der Waals surface area contributed by atoms with Crippen molar-refractivity contribution in [1.82, 2.24) is 10.2 Å². The number of benzene rings is 1. The fourth-order valence-corrected chi connectivity index (χ4v) is 2.51. The van der Waals surface area contributed by atoms with Crippen LogP contribution in [0, 0.1) is 0 Å². The molecule has 1 N–H and O–H groups in total. The summed E-state index contributed by atoms with van der Waals surface area (Å²) in [7, 11) is 0. The van der Waals surface area contributed by atoms with E-state index in [1.807, 2.05) is 30.3 Å². The van der Waals surface area contributed by atoms with Gasteiger partial charge in [-0.1, -0.05) is 30.3 Å². The van der Waals surface area contributed by atoms with Gasteiger partial charge in [-0.3, -0.25) is 4.79 Å². The van der Waals surface area contributed by atoms with E-state index in [9.17, 15) is 14.4 Å². The van der Waals surface area contributed by atoms with Gasteiger partial charge in [-0.2, -0.15) is 0 Å². The molecule has 0 aromatic heterocycles. The number of carbonyl (C=O) groups excluding carboxylic acids is 3. The molecule has 1 fully saturated rings. The van der Waals surface area contributed by atoms with Crippen LogP contribution in [0.4, 0.5) is 9.59 Å². The highest BCUT2D eigenvalue weighted by Crippen LogP contribution is 2.18. The molecular formula is C18H24N2O5. The predicted octanol–water partition coefficient (Wildman–Crippen LogP) is 2.49. The first kappa shape index (κ1) is 18.8. The molecule has 25 heavy (non-hydrogen) atoms. The van der Waals surface area contributed by atoms with Crippen LogP contribution in [0.2, 0.25) is 0 Å². The second kappa shape index (κ2) is 8.00. The second-order valence-electron chi connectivity index (χ2n) is 6.86. The van der Waals surface area contributed by atoms with Crippen molar-refractivity contribution in [2.75, 3.05) is 13.2 Å². The first-order valence-corrected chi connectivity index (χ1v) is 8.26. The number of alkyl carbamates (subject to hydrolysis) is 1. The number of carbonyl (C=O) groups is 3. The standard InChI is InChI=1S/C18H24N2O5/c1-18(2,3)25-16(22)19-10-9-15(21)20-14(12-24-17(20)23)11-13-7-5-4-6-8-13/h4-8,14H,9-12H2,1-3H3,(H,19,22)/t14-/m1/s1. The Morgan fingerprint density at radius 1 is 1.28 bits per heavy atom. The van der Waals surface area contributed by atoms with Crippen LogP contribution >= 0.6 is 0 Å². The highest BCUT2D eigenvalue weighted by Gasteiger charge is 2.37. The fraction of sp³-hybridized carbons (Fsp3) is 0.500. The topological polar surface area (TPSA) is 84.9 Å². The van der Waals surface area contributed by atoms with Gasteiger partial charge in [-0.05, 0) is 32.8 Å². The number of cyclic esters (lactones) is 1. The zero-order valence-electron chi connectivity index (χ0n) is 14.8. The van der Waals surface area contributed by atoms with E-state index in [4.69, 9.17) is 9.47 Å². The van der Waals surface area contributed by atoms with Gasteiger partial charge in [0.05, 0.1) is 6.04 Å². The molecule has 0 bridgehead atoms. The molecule has 7 heteroatoms. The molecule has 0 spiro atoms. The Morgan fingerprint density at radius 3 is 2.60 bits per heavy atom. The number of hydrogen-bond donors (Lipinski definition) is 1. The molecule has 136 valence electrons. The van der Waals surface area contributed by atoms with E-state index >= 15 is 0 Å². The third-order valence-electron chi connectivity index (χ3n) is 3.55. The van der Waals surface area contributed by atoms with Gasteiger partial charge in [0.1, 0.15) is 12.2 Å². The minimum atomic E-state index is -0.636. The number of hydrogen-bond acceptors (Lipinski definition) is 5. The van der Waals surface area contributed by atoms with E-state index in [1.165, 1.54) is 0 Å². The zero-order chi connectivity index (χ0) is 18.4. The monoisotopic (exact) mass is 348 g/mol. The van der Waals surface area contributed by atoms with Gasteiger partial charge in [0.15, 0.2) is 0 Å². The summed E-state index contributed by atoms with van der Waals surface area (Å²) in [6.07, 6.45) is -0.689. The van der Waals surface area contributed by atoms with Gasteiger partial charge >= 0.3 is 12.2 Å². The molecule has 2 rings (SSSR count). The maximum absolute atomic E-state index is 12.4. The number of imide groups is 1. The van der Waals surface area contributed by atoms with Crippen LogP contribution in [0.5, 0.6) is 0 Å². The van der Waals surface area contributed by atoms with Crippen LogP contribution in [-0.4, -0.2) is 47.8 Å². The maximum Gasteiger partial charge on any atom is 0.416 e. The molecule has 0 saturated carbocycles. The van der Waals surface area contributed by atoms with Crippen LogP contribution in [0.15, 0.2) is 30.3 Å². The molecule has 0 aliphatic carbocycles. The van der Waals surface area contributed by atoms with Gasteiger partial charge in [-0.15, -0.1) is 0 Å². The van der Waals surface area contributed by atoms with Gasteiger partial charge in [0.2, 0.25) is 5.91 Å². The Balaban J connectivity index is 1.86. The lowest BCUT2D eigenvalue weighted by atomic mass is 10.1. The van der Waals surface area contributed by atoms with Crippen molar-refractivity contribution in [3.05, 3.63) is 35.9 Å². The molecule has 1 aromatic carbocycles. The van der Waals surface area contributed by atoms with Gasteiger partial charge in [0.25, 0.3) is 0 Å². The van der Waals surface area contributed by atoms with Crippen LogP contribution in [0.25, 0.3) is 0 Å². The van der Waals surface area contributed by atoms with Crippen LogP contribution in [-0.2, 0) is 20.7 Å². The van der Waals surface area contributed by atoms with Gasteiger partial charge in [-0.25, -0.2) is 14.5 Å². The summed E-state index contributed by atoms with van der Waals surface area (Å²) in [5, 5.41) is 2.51. The molecule has 1 aliphatic heterocycles.